The zero-order chi connectivity index (χ0) is 13.3. The molecule has 1 spiro atoms. The number of carbonyl (C=O) groups excluding carboxylic acids is 1. The molecule has 1 saturated heterocycles. The molecule has 0 aromatic carbocycles. The Labute approximate surface area is 113 Å². The highest BCUT2D eigenvalue weighted by atomic mass is 16.5. The van der Waals surface area contributed by atoms with E-state index in [0.717, 1.165) is 30.8 Å². The number of aromatic nitrogens is 2. The lowest BCUT2D eigenvalue weighted by molar-refractivity contribution is -0.148. The standard InChI is InChI=1S/C14H21N3O2/c1-11-8-12(16-15-11)9-13(18)17-6-7-19-10-14(17)4-2-3-5-14/h8H,2-7,9-10H2,1H3,(H,15,16). The van der Waals surface area contributed by atoms with Crippen LogP contribution in [-0.2, 0) is 16.0 Å². The van der Waals surface area contributed by atoms with Crippen LogP contribution in [0.3, 0.4) is 0 Å². The summed E-state index contributed by atoms with van der Waals surface area (Å²) in [5.41, 5.74) is 1.81. The van der Waals surface area contributed by atoms with Crippen LogP contribution in [0.15, 0.2) is 6.07 Å². The molecular formula is C14H21N3O2. The minimum absolute atomic E-state index is 0.0271. The molecular weight excluding hydrogens is 242 g/mol. The van der Waals surface area contributed by atoms with Crippen molar-refractivity contribution in [3.63, 3.8) is 0 Å². The maximum absolute atomic E-state index is 12.6. The first-order chi connectivity index (χ1) is 9.20. The first kappa shape index (κ1) is 12.7. The van der Waals surface area contributed by atoms with Crippen LogP contribution in [0.25, 0.3) is 0 Å². The zero-order valence-corrected chi connectivity index (χ0v) is 11.4. The summed E-state index contributed by atoms with van der Waals surface area (Å²) in [6.07, 6.45) is 4.96. The van der Waals surface area contributed by atoms with E-state index in [4.69, 9.17) is 4.74 Å². The van der Waals surface area contributed by atoms with Gasteiger partial charge in [0.2, 0.25) is 5.91 Å². The van der Waals surface area contributed by atoms with Gasteiger partial charge in [0, 0.05) is 12.2 Å². The Balaban J connectivity index is 1.73. The zero-order valence-electron chi connectivity index (χ0n) is 11.4. The molecule has 0 unspecified atom stereocenters. The number of H-pyrrole nitrogens is 1. The van der Waals surface area contributed by atoms with E-state index in [0.29, 0.717) is 19.6 Å². The number of nitrogens with zero attached hydrogens (tertiary/aromatic N) is 2. The van der Waals surface area contributed by atoms with Gasteiger partial charge in [-0.3, -0.25) is 9.89 Å². The largest absolute Gasteiger partial charge is 0.377 e. The third-order valence-electron chi connectivity index (χ3n) is 4.33. The van der Waals surface area contributed by atoms with E-state index in [1.54, 1.807) is 0 Å². The van der Waals surface area contributed by atoms with Gasteiger partial charge in [-0.1, -0.05) is 12.8 Å². The summed E-state index contributed by atoms with van der Waals surface area (Å²) in [4.78, 5) is 14.6. The van der Waals surface area contributed by atoms with Crippen LogP contribution < -0.4 is 0 Å². The van der Waals surface area contributed by atoms with Crippen LogP contribution in [0.2, 0.25) is 0 Å². The quantitative estimate of drug-likeness (QED) is 0.878. The summed E-state index contributed by atoms with van der Waals surface area (Å²) in [7, 11) is 0. The average molecular weight is 263 g/mol. The first-order valence-corrected chi connectivity index (χ1v) is 7.09. The van der Waals surface area contributed by atoms with Gasteiger partial charge in [-0.25, -0.2) is 0 Å². The van der Waals surface area contributed by atoms with Crippen molar-refractivity contribution in [3.8, 4) is 0 Å². The summed E-state index contributed by atoms with van der Waals surface area (Å²) in [6, 6.07) is 1.94. The van der Waals surface area contributed by atoms with E-state index in [1.165, 1.54) is 12.8 Å². The van der Waals surface area contributed by atoms with Gasteiger partial charge in [0.1, 0.15) is 0 Å². The Hall–Kier alpha value is -1.36. The van der Waals surface area contributed by atoms with Crippen molar-refractivity contribution in [3.05, 3.63) is 17.5 Å². The smallest absolute Gasteiger partial charge is 0.229 e. The average Bonchev–Trinajstić information content (AvgIpc) is 3.00. The SMILES string of the molecule is Cc1cc(CC(=O)N2CCOCC23CCCC3)n[nH]1. The van der Waals surface area contributed by atoms with E-state index in [9.17, 15) is 4.79 Å². The van der Waals surface area contributed by atoms with Crippen molar-refractivity contribution in [1.82, 2.24) is 15.1 Å². The van der Waals surface area contributed by atoms with Crippen LogP contribution in [0.1, 0.15) is 37.1 Å². The Morgan fingerprint density at radius 3 is 3.00 bits per heavy atom. The van der Waals surface area contributed by atoms with Gasteiger partial charge in [-0.05, 0) is 25.8 Å². The minimum atomic E-state index is -0.0271. The Morgan fingerprint density at radius 2 is 2.32 bits per heavy atom. The predicted molar refractivity (Wildman–Crippen MR) is 70.8 cm³/mol. The summed E-state index contributed by atoms with van der Waals surface area (Å²) < 4.78 is 5.63. The molecule has 1 N–H and O–H groups in total. The lowest BCUT2D eigenvalue weighted by atomic mass is 9.94. The molecule has 5 nitrogen and oxygen atoms in total. The Bertz CT molecular complexity index is 463. The van der Waals surface area contributed by atoms with E-state index in [1.807, 2.05) is 13.0 Å². The van der Waals surface area contributed by atoms with E-state index in [2.05, 4.69) is 15.1 Å². The fourth-order valence-corrected chi connectivity index (χ4v) is 3.39. The third kappa shape index (κ3) is 2.39. The maximum atomic E-state index is 12.6. The molecule has 5 heteroatoms. The molecule has 2 heterocycles. The molecule has 2 aliphatic rings. The van der Waals surface area contributed by atoms with Crippen LogP contribution in [0.5, 0.6) is 0 Å². The molecule has 1 amide bonds. The second kappa shape index (κ2) is 4.96. The highest BCUT2D eigenvalue weighted by molar-refractivity contribution is 5.79. The molecule has 104 valence electrons. The van der Waals surface area contributed by atoms with Crippen LogP contribution in [0.4, 0.5) is 0 Å². The third-order valence-corrected chi connectivity index (χ3v) is 4.33. The number of carbonyl (C=O) groups is 1. The summed E-state index contributed by atoms with van der Waals surface area (Å²) in [6.45, 7) is 4.04. The van der Waals surface area contributed by atoms with Gasteiger partial charge < -0.3 is 9.64 Å². The lowest BCUT2D eigenvalue weighted by Crippen LogP contribution is -2.58. The summed E-state index contributed by atoms with van der Waals surface area (Å²) >= 11 is 0. The van der Waals surface area contributed by atoms with Crippen LogP contribution >= 0.6 is 0 Å². The molecule has 0 bridgehead atoms. The number of amides is 1. The lowest BCUT2D eigenvalue weighted by Gasteiger charge is -2.44. The number of aromatic amines is 1. The monoisotopic (exact) mass is 263 g/mol. The number of nitrogens with one attached hydrogen (secondary N) is 1. The fraction of sp³-hybridized carbons (Fsp3) is 0.714. The molecule has 1 saturated carbocycles. The highest BCUT2D eigenvalue weighted by Crippen LogP contribution is 2.37. The van der Waals surface area contributed by atoms with Gasteiger partial charge in [0.05, 0.1) is 30.9 Å². The number of hydrogen-bond acceptors (Lipinski definition) is 3. The topological polar surface area (TPSA) is 58.2 Å². The first-order valence-electron chi connectivity index (χ1n) is 7.09. The minimum Gasteiger partial charge on any atom is -0.377 e. The normalized spacial score (nSPS) is 22.1. The van der Waals surface area contributed by atoms with Gasteiger partial charge in [-0.2, -0.15) is 5.10 Å². The molecule has 3 rings (SSSR count). The van der Waals surface area contributed by atoms with Gasteiger partial charge in [0.25, 0.3) is 0 Å². The molecule has 1 aromatic heterocycles. The van der Waals surface area contributed by atoms with Crippen molar-refractivity contribution >= 4 is 5.91 Å². The van der Waals surface area contributed by atoms with Crippen molar-refractivity contribution in [2.75, 3.05) is 19.8 Å². The number of rotatable bonds is 2. The van der Waals surface area contributed by atoms with Crippen molar-refractivity contribution in [1.29, 1.82) is 0 Å². The Kier molecular flexibility index (Phi) is 3.31. The molecule has 0 atom stereocenters. The van der Waals surface area contributed by atoms with E-state index >= 15 is 0 Å². The second-order valence-electron chi connectivity index (χ2n) is 5.75. The Morgan fingerprint density at radius 1 is 1.53 bits per heavy atom. The van der Waals surface area contributed by atoms with Crippen molar-refractivity contribution in [2.45, 2.75) is 44.6 Å². The number of morpholine rings is 1. The number of hydrogen-bond donors (Lipinski definition) is 1. The summed E-state index contributed by atoms with van der Waals surface area (Å²) in [5, 5.41) is 7.05. The van der Waals surface area contributed by atoms with Crippen LogP contribution in [0, 0.1) is 6.92 Å². The molecule has 0 radical (unpaired) electrons. The molecule has 1 aliphatic carbocycles. The number of ether oxygens (including phenoxy) is 1. The van der Waals surface area contributed by atoms with Gasteiger partial charge in [0.15, 0.2) is 0 Å². The predicted octanol–water partition coefficient (Wildman–Crippen LogP) is 1.43. The maximum Gasteiger partial charge on any atom is 0.229 e. The fourth-order valence-electron chi connectivity index (χ4n) is 3.39. The molecule has 19 heavy (non-hydrogen) atoms. The van der Waals surface area contributed by atoms with Gasteiger partial charge in [-0.15, -0.1) is 0 Å². The molecule has 1 aromatic rings. The van der Waals surface area contributed by atoms with E-state index < -0.39 is 0 Å². The number of aryl methyl sites for hydroxylation is 1. The second-order valence-corrected chi connectivity index (χ2v) is 5.75. The van der Waals surface area contributed by atoms with E-state index in [-0.39, 0.29) is 11.4 Å². The van der Waals surface area contributed by atoms with Gasteiger partial charge >= 0.3 is 0 Å². The van der Waals surface area contributed by atoms with Crippen molar-refractivity contribution < 1.29 is 9.53 Å². The highest BCUT2D eigenvalue weighted by Gasteiger charge is 2.44. The van der Waals surface area contributed by atoms with Crippen molar-refractivity contribution in [2.24, 2.45) is 0 Å². The van der Waals surface area contributed by atoms with Crippen LogP contribution in [-0.4, -0.2) is 46.3 Å². The molecule has 1 aliphatic heterocycles. The summed E-state index contributed by atoms with van der Waals surface area (Å²) in [5.74, 6) is 0.191. The molecule has 2 fully saturated rings.